The highest BCUT2D eigenvalue weighted by atomic mass is 19.1. The Morgan fingerprint density at radius 2 is 1.93 bits per heavy atom. The number of carbonyl (C=O) groups is 2. The molecule has 1 atom stereocenters. The molecular formula is C22H34FN3O2. The van der Waals surface area contributed by atoms with Gasteiger partial charge in [-0.25, -0.2) is 4.39 Å². The molecule has 0 saturated carbocycles. The van der Waals surface area contributed by atoms with Crippen LogP contribution in [0.3, 0.4) is 0 Å². The molecule has 5 nitrogen and oxygen atoms in total. The third-order valence-electron chi connectivity index (χ3n) is 5.74. The van der Waals surface area contributed by atoms with E-state index in [1.807, 2.05) is 17.9 Å². The van der Waals surface area contributed by atoms with Crippen LogP contribution in [0.1, 0.15) is 58.1 Å². The van der Waals surface area contributed by atoms with Crippen molar-refractivity contribution in [2.24, 2.45) is 5.92 Å². The summed E-state index contributed by atoms with van der Waals surface area (Å²) in [5.41, 5.74) is 1.27. The van der Waals surface area contributed by atoms with Gasteiger partial charge in [0.2, 0.25) is 11.8 Å². The average Bonchev–Trinajstić information content (AvgIpc) is 2.67. The Hall–Kier alpha value is -1.95. The number of rotatable bonds is 7. The lowest BCUT2D eigenvalue weighted by atomic mass is 9.95. The van der Waals surface area contributed by atoms with Gasteiger partial charge in [0, 0.05) is 31.1 Å². The molecule has 0 spiro atoms. The summed E-state index contributed by atoms with van der Waals surface area (Å²) in [6.45, 7) is 11.4. The summed E-state index contributed by atoms with van der Waals surface area (Å²) in [6.07, 6.45) is 2.26. The van der Waals surface area contributed by atoms with Crippen LogP contribution in [0, 0.1) is 18.7 Å². The monoisotopic (exact) mass is 391 g/mol. The smallest absolute Gasteiger partial charge is 0.239 e. The second-order valence-corrected chi connectivity index (χ2v) is 8.50. The van der Waals surface area contributed by atoms with E-state index in [0.29, 0.717) is 38.0 Å². The zero-order valence-electron chi connectivity index (χ0n) is 17.8. The van der Waals surface area contributed by atoms with E-state index in [2.05, 4.69) is 31.4 Å². The molecular weight excluding hydrogens is 357 g/mol. The Kier molecular flexibility index (Phi) is 7.58. The van der Waals surface area contributed by atoms with Crippen molar-refractivity contribution in [1.29, 1.82) is 0 Å². The zero-order valence-corrected chi connectivity index (χ0v) is 17.8. The van der Waals surface area contributed by atoms with Gasteiger partial charge in [-0.1, -0.05) is 19.1 Å². The van der Waals surface area contributed by atoms with Crippen LogP contribution in [0.2, 0.25) is 0 Å². The first-order chi connectivity index (χ1) is 13.1. The predicted octanol–water partition coefficient (Wildman–Crippen LogP) is 3.16. The maximum absolute atomic E-state index is 13.6. The fourth-order valence-corrected chi connectivity index (χ4v) is 3.47. The highest BCUT2D eigenvalue weighted by molar-refractivity contribution is 5.82. The number of halogens is 1. The van der Waals surface area contributed by atoms with Crippen LogP contribution < -0.4 is 10.6 Å². The van der Waals surface area contributed by atoms with Crippen molar-refractivity contribution >= 4 is 11.8 Å². The molecule has 1 aliphatic rings. The van der Waals surface area contributed by atoms with E-state index in [9.17, 15) is 14.0 Å². The molecule has 0 aliphatic carbocycles. The minimum absolute atomic E-state index is 0.0219. The van der Waals surface area contributed by atoms with Gasteiger partial charge in [-0.15, -0.1) is 0 Å². The Morgan fingerprint density at radius 1 is 1.29 bits per heavy atom. The molecule has 2 amide bonds. The third kappa shape index (κ3) is 6.03. The van der Waals surface area contributed by atoms with Gasteiger partial charge in [0.1, 0.15) is 5.82 Å². The predicted molar refractivity (Wildman–Crippen MR) is 109 cm³/mol. The third-order valence-corrected chi connectivity index (χ3v) is 5.74. The zero-order chi connectivity index (χ0) is 20.9. The highest BCUT2D eigenvalue weighted by Crippen LogP contribution is 2.19. The number of aryl methyl sites for hydroxylation is 1. The van der Waals surface area contributed by atoms with Gasteiger partial charge in [0.15, 0.2) is 0 Å². The summed E-state index contributed by atoms with van der Waals surface area (Å²) in [6, 6.07) is 4.77. The van der Waals surface area contributed by atoms with Gasteiger partial charge >= 0.3 is 0 Å². The van der Waals surface area contributed by atoms with E-state index in [1.165, 1.54) is 6.07 Å². The summed E-state index contributed by atoms with van der Waals surface area (Å²) in [4.78, 5) is 27.0. The summed E-state index contributed by atoms with van der Waals surface area (Å²) in [7, 11) is 0. The number of nitrogens with one attached hydrogen (secondary N) is 2. The van der Waals surface area contributed by atoms with Crippen molar-refractivity contribution in [2.45, 2.75) is 72.0 Å². The Labute approximate surface area is 168 Å². The molecule has 1 aromatic carbocycles. The van der Waals surface area contributed by atoms with Crippen molar-refractivity contribution in [3.05, 3.63) is 35.1 Å². The lowest BCUT2D eigenvalue weighted by molar-refractivity contribution is -0.137. The molecule has 6 heteroatoms. The van der Waals surface area contributed by atoms with E-state index < -0.39 is 0 Å². The van der Waals surface area contributed by atoms with Crippen LogP contribution >= 0.6 is 0 Å². The van der Waals surface area contributed by atoms with E-state index in [0.717, 1.165) is 12.0 Å². The largest absolute Gasteiger partial charge is 0.352 e. The standard InChI is InChI=1S/C22H34FN3O2/c1-6-22(4,5)25-16(3)21(28)26-11-9-18(10-12-26)20(27)24-14-17-8-7-15(2)19(23)13-17/h7-8,13,16,18,25H,6,9-12,14H2,1-5H3,(H,24,27). The molecule has 0 aromatic heterocycles. The Bertz CT molecular complexity index is 697. The molecule has 0 bridgehead atoms. The first-order valence-electron chi connectivity index (χ1n) is 10.2. The van der Waals surface area contributed by atoms with Crippen LogP contribution in [-0.4, -0.2) is 41.4 Å². The number of benzene rings is 1. The fourth-order valence-electron chi connectivity index (χ4n) is 3.47. The molecule has 1 saturated heterocycles. The van der Waals surface area contributed by atoms with Gasteiger partial charge in [-0.05, 0) is 64.2 Å². The number of carbonyl (C=O) groups excluding carboxylic acids is 2. The van der Waals surface area contributed by atoms with Gasteiger partial charge in [-0.3, -0.25) is 9.59 Å². The van der Waals surface area contributed by atoms with Gasteiger partial charge in [0.05, 0.1) is 6.04 Å². The SMILES string of the molecule is CCC(C)(C)NC(C)C(=O)N1CCC(C(=O)NCc2ccc(C)c(F)c2)CC1. The number of amides is 2. The van der Waals surface area contributed by atoms with Gasteiger partial charge in [0.25, 0.3) is 0 Å². The molecule has 0 radical (unpaired) electrons. The van der Waals surface area contributed by atoms with Crippen molar-refractivity contribution in [2.75, 3.05) is 13.1 Å². The first-order valence-corrected chi connectivity index (χ1v) is 10.2. The summed E-state index contributed by atoms with van der Waals surface area (Å²) in [5, 5.41) is 6.28. The van der Waals surface area contributed by atoms with Crippen LogP contribution in [-0.2, 0) is 16.1 Å². The molecule has 1 aromatic rings. The average molecular weight is 392 g/mol. The molecule has 1 unspecified atom stereocenters. The minimum Gasteiger partial charge on any atom is -0.352 e. The fraction of sp³-hybridized carbons (Fsp3) is 0.636. The molecule has 2 rings (SSSR count). The first kappa shape index (κ1) is 22.3. The summed E-state index contributed by atoms with van der Waals surface area (Å²) < 4.78 is 13.6. The number of nitrogens with zero attached hydrogens (tertiary/aromatic N) is 1. The summed E-state index contributed by atoms with van der Waals surface area (Å²) >= 11 is 0. The van der Waals surface area contributed by atoms with Crippen LogP contribution in [0.25, 0.3) is 0 Å². The lowest BCUT2D eigenvalue weighted by Gasteiger charge is -2.35. The van der Waals surface area contributed by atoms with E-state index in [1.54, 1.807) is 13.0 Å². The number of piperidine rings is 1. The summed E-state index contributed by atoms with van der Waals surface area (Å²) in [5.74, 6) is -0.288. The number of likely N-dealkylation sites (tertiary alicyclic amines) is 1. The maximum Gasteiger partial charge on any atom is 0.239 e. The van der Waals surface area contributed by atoms with Crippen molar-refractivity contribution < 1.29 is 14.0 Å². The van der Waals surface area contributed by atoms with Crippen LogP contribution in [0.15, 0.2) is 18.2 Å². The molecule has 2 N–H and O–H groups in total. The van der Waals surface area contributed by atoms with E-state index >= 15 is 0 Å². The molecule has 28 heavy (non-hydrogen) atoms. The van der Waals surface area contributed by atoms with Crippen molar-refractivity contribution in [1.82, 2.24) is 15.5 Å². The number of hydrogen-bond acceptors (Lipinski definition) is 3. The second kappa shape index (κ2) is 9.50. The minimum atomic E-state index is -0.257. The molecule has 156 valence electrons. The molecule has 1 aliphatic heterocycles. The topological polar surface area (TPSA) is 61.4 Å². The van der Waals surface area contributed by atoms with Crippen molar-refractivity contribution in [3.8, 4) is 0 Å². The Balaban J connectivity index is 1.79. The normalized spacial score (nSPS) is 16.7. The highest BCUT2D eigenvalue weighted by Gasteiger charge is 2.30. The van der Waals surface area contributed by atoms with E-state index in [-0.39, 0.29) is 35.1 Å². The van der Waals surface area contributed by atoms with E-state index in [4.69, 9.17) is 0 Å². The van der Waals surface area contributed by atoms with Crippen molar-refractivity contribution in [3.63, 3.8) is 0 Å². The number of hydrogen-bond donors (Lipinski definition) is 2. The van der Waals surface area contributed by atoms with Gasteiger partial charge in [-0.2, -0.15) is 0 Å². The lowest BCUT2D eigenvalue weighted by Crippen LogP contribution is -2.54. The molecule has 1 heterocycles. The van der Waals surface area contributed by atoms with Gasteiger partial charge < -0.3 is 15.5 Å². The maximum atomic E-state index is 13.6. The second-order valence-electron chi connectivity index (χ2n) is 8.50. The van der Waals surface area contributed by atoms with Crippen LogP contribution in [0.4, 0.5) is 4.39 Å². The quantitative estimate of drug-likeness (QED) is 0.751. The molecule has 1 fully saturated rings. The van der Waals surface area contributed by atoms with Crippen LogP contribution in [0.5, 0.6) is 0 Å². The Morgan fingerprint density at radius 3 is 2.50 bits per heavy atom.